The molecule has 0 aliphatic carbocycles. The molecule has 1 fully saturated rings. The van der Waals surface area contributed by atoms with Gasteiger partial charge >= 0.3 is 0 Å². The molecule has 1 aliphatic heterocycles. The Hall–Kier alpha value is -3.32. The monoisotopic (exact) mass is 476 g/mol. The number of hydrogen-bond donors (Lipinski definition) is 1. The largest absolute Gasteiger partial charge is 0.357 e. The molecule has 1 saturated heterocycles. The van der Waals surface area contributed by atoms with Crippen LogP contribution in [0.3, 0.4) is 0 Å². The van der Waals surface area contributed by atoms with Crippen LogP contribution in [0, 0.1) is 5.92 Å². The Bertz CT molecular complexity index is 1400. The Morgan fingerprint density at radius 1 is 1.15 bits per heavy atom. The maximum atomic E-state index is 12.9. The fourth-order valence-electron chi connectivity index (χ4n) is 4.71. The average molecular weight is 477 g/mol. The summed E-state index contributed by atoms with van der Waals surface area (Å²) < 4.78 is 3.63. The number of nitrogens with zero attached hydrogens (tertiary/aromatic N) is 5. The first-order chi connectivity index (χ1) is 16.4. The van der Waals surface area contributed by atoms with Gasteiger partial charge in [-0.3, -0.25) is 4.79 Å². The fourth-order valence-corrected chi connectivity index (χ4v) is 4.84. The highest BCUT2D eigenvalue weighted by atomic mass is 35.5. The Kier molecular flexibility index (Phi) is 6.04. The van der Waals surface area contributed by atoms with Crippen LogP contribution in [0.1, 0.15) is 26.2 Å². The zero-order valence-electron chi connectivity index (χ0n) is 19.8. The third-order valence-corrected chi connectivity index (χ3v) is 7.11. The van der Waals surface area contributed by atoms with Crippen LogP contribution in [-0.2, 0) is 14.1 Å². The number of anilines is 3. The molecule has 1 aliphatic rings. The molecule has 8 heteroatoms. The minimum absolute atomic E-state index is 0.0188. The molecule has 176 valence electrons. The molecule has 0 spiro atoms. The lowest BCUT2D eigenvalue weighted by atomic mass is 9.95. The molecule has 0 amide bonds. The van der Waals surface area contributed by atoms with E-state index in [2.05, 4.69) is 22.1 Å². The summed E-state index contributed by atoms with van der Waals surface area (Å²) in [6.07, 6.45) is 9.11. The smallest absolute Gasteiger partial charge is 0.258 e. The van der Waals surface area contributed by atoms with Crippen LogP contribution >= 0.6 is 11.6 Å². The Balaban J connectivity index is 1.46. The van der Waals surface area contributed by atoms with Crippen molar-refractivity contribution in [2.75, 3.05) is 23.3 Å². The first kappa shape index (κ1) is 22.5. The summed E-state index contributed by atoms with van der Waals surface area (Å²) >= 11 is 6.45. The van der Waals surface area contributed by atoms with Crippen molar-refractivity contribution in [1.29, 1.82) is 0 Å². The van der Waals surface area contributed by atoms with E-state index in [1.165, 1.54) is 19.3 Å². The topological polar surface area (TPSA) is 68.0 Å². The summed E-state index contributed by atoms with van der Waals surface area (Å²) in [5, 5.41) is 4.79. The van der Waals surface area contributed by atoms with Crippen molar-refractivity contribution in [3.63, 3.8) is 0 Å². The summed E-state index contributed by atoms with van der Waals surface area (Å²) in [4.78, 5) is 24.4. The van der Waals surface area contributed by atoms with Crippen LogP contribution in [0.5, 0.6) is 0 Å². The van der Waals surface area contributed by atoms with Crippen LogP contribution in [0.25, 0.3) is 22.0 Å². The third kappa shape index (κ3) is 4.28. The number of benzene rings is 1. The predicted octanol–water partition coefficient (Wildman–Crippen LogP) is 5.36. The highest BCUT2D eigenvalue weighted by Gasteiger charge is 2.20. The maximum Gasteiger partial charge on any atom is 0.258 e. The number of hydrogen-bond acceptors (Lipinski definition) is 5. The van der Waals surface area contributed by atoms with Crippen molar-refractivity contribution < 1.29 is 0 Å². The standard InChI is InChI=1S/C26H29ClN6O/c1-4-17-7-11-33(12-8-17)26-28-15-22(27)24(30-26)29-20-5-6-23-19(13-20)14-21(25(34)32(23)3)18-9-10-31(2)16-18/h5-6,9-10,13-17H,4,7-8,11-12H2,1-3H3,(H,28,29,30). The number of halogens is 1. The molecule has 1 aromatic carbocycles. The van der Waals surface area contributed by atoms with Gasteiger partial charge in [-0.05, 0) is 49.1 Å². The molecule has 3 aromatic heterocycles. The van der Waals surface area contributed by atoms with Gasteiger partial charge in [0, 0.05) is 61.8 Å². The Morgan fingerprint density at radius 2 is 1.94 bits per heavy atom. The van der Waals surface area contributed by atoms with E-state index in [0.29, 0.717) is 22.4 Å². The lowest BCUT2D eigenvalue weighted by Crippen LogP contribution is -2.34. The highest BCUT2D eigenvalue weighted by molar-refractivity contribution is 6.32. The molecule has 0 unspecified atom stereocenters. The molecule has 0 saturated carbocycles. The molecule has 0 atom stereocenters. The SMILES string of the molecule is CCC1CCN(c2ncc(Cl)c(Nc3ccc4c(c3)cc(-c3ccn(C)c3)c(=O)n4C)n2)CC1. The molecule has 4 aromatic rings. The maximum absolute atomic E-state index is 12.9. The number of aromatic nitrogens is 4. The summed E-state index contributed by atoms with van der Waals surface area (Å²) in [6.45, 7) is 4.18. The van der Waals surface area contributed by atoms with Gasteiger partial charge in [0.1, 0.15) is 5.02 Å². The first-order valence-electron chi connectivity index (χ1n) is 11.7. The third-order valence-electron chi connectivity index (χ3n) is 6.84. The molecule has 7 nitrogen and oxygen atoms in total. The molecule has 0 radical (unpaired) electrons. The van der Waals surface area contributed by atoms with Crippen molar-refractivity contribution in [2.45, 2.75) is 26.2 Å². The van der Waals surface area contributed by atoms with Gasteiger partial charge in [-0.25, -0.2) is 4.98 Å². The van der Waals surface area contributed by atoms with Gasteiger partial charge in [0.15, 0.2) is 5.82 Å². The van der Waals surface area contributed by atoms with E-state index in [0.717, 1.165) is 41.2 Å². The first-order valence-corrected chi connectivity index (χ1v) is 12.1. The molecular formula is C26H29ClN6O. The summed E-state index contributed by atoms with van der Waals surface area (Å²) in [6, 6.07) is 9.81. The number of aryl methyl sites for hydroxylation is 2. The van der Waals surface area contributed by atoms with Gasteiger partial charge in [-0.2, -0.15) is 4.98 Å². The zero-order chi connectivity index (χ0) is 23.8. The molecule has 34 heavy (non-hydrogen) atoms. The van der Waals surface area contributed by atoms with Gasteiger partial charge in [-0.1, -0.05) is 24.9 Å². The van der Waals surface area contributed by atoms with Crippen molar-refractivity contribution in [1.82, 2.24) is 19.1 Å². The van der Waals surface area contributed by atoms with Gasteiger partial charge < -0.3 is 19.4 Å². The number of rotatable bonds is 5. The van der Waals surface area contributed by atoms with E-state index < -0.39 is 0 Å². The van der Waals surface area contributed by atoms with Crippen LogP contribution < -0.4 is 15.8 Å². The minimum Gasteiger partial charge on any atom is -0.357 e. The van der Waals surface area contributed by atoms with E-state index in [9.17, 15) is 4.79 Å². The number of pyridine rings is 1. The second-order valence-corrected chi connectivity index (χ2v) is 9.50. The molecule has 5 rings (SSSR count). The molecule has 0 bridgehead atoms. The Morgan fingerprint density at radius 3 is 2.65 bits per heavy atom. The van der Waals surface area contributed by atoms with Gasteiger partial charge in [0.2, 0.25) is 5.95 Å². The summed E-state index contributed by atoms with van der Waals surface area (Å²) in [7, 11) is 3.75. The Labute approximate surface area is 204 Å². The van der Waals surface area contributed by atoms with Crippen molar-refractivity contribution in [3.8, 4) is 11.1 Å². The van der Waals surface area contributed by atoms with E-state index >= 15 is 0 Å². The average Bonchev–Trinajstić information content (AvgIpc) is 3.28. The summed E-state index contributed by atoms with van der Waals surface area (Å²) in [5.74, 6) is 2.07. The van der Waals surface area contributed by atoms with Crippen molar-refractivity contribution in [3.05, 3.63) is 64.3 Å². The second-order valence-electron chi connectivity index (χ2n) is 9.09. The normalized spacial score (nSPS) is 14.6. The molecular weight excluding hydrogens is 448 g/mol. The van der Waals surface area contributed by atoms with Crippen LogP contribution in [0.15, 0.2) is 53.7 Å². The zero-order valence-corrected chi connectivity index (χ0v) is 20.5. The fraction of sp³-hybridized carbons (Fsp3) is 0.346. The van der Waals surface area contributed by atoms with Crippen molar-refractivity contribution in [2.24, 2.45) is 20.0 Å². The van der Waals surface area contributed by atoms with Gasteiger partial charge in [0.25, 0.3) is 5.56 Å². The summed E-state index contributed by atoms with van der Waals surface area (Å²) in [5.41, 5.74) is 3.27. The number of fused-ring (bicyclic) bond motifs is 1. The predicted molar refractivity (Wildman–Crippen MR) is 139 cm³/mol. The van der Waals surface area contributed by atoms with E-state index in [1.807, 2.05) is 54.3 Å². The lowest BCUT2D eigenvalue weighted by Gasteiger charge is -2.31. The van der Waals surface area contributed by atoms with Crippen LogP contribution in [-0.4, -0.2) is 32.2 Å². The van der Waals surface area contributed by atoms with Gasteiger partial charge in [-0.15, -0.1) is 0 Å². The molecule has 1 N–H and O–H groups in total. The van der Waals surface area contributed by atoms with E-state index in [4.69, 9.17) is 16.6 Å². The second kappa shape index (κ2) is 9.14. The minimum atomic E-state index is -0.0188. The van der Waals surface area contributed by atoms with E-state index in [-0.39, 0.29) is 5.56 Å². The lowest BCUT2D eigenvalue weighted by molar-refractivity contribution is 0.392. The van der Waals surface area contributed by atoms with E-state index in [1.54, 1.807) is 17.8 Å². The van der Waals surface area contributed by atoms with Crippen LogP contribution in [0.4, 0.5) is 17.5 Å². The van der Waals surface area contributed by atoms with Crippen LogP contribution in [0.2, 0.25) is 5.02 Å². The number of nitrogens with one attached hydrogen (secondary N) is 1. The van der Waals surface area contributed by atoms with Crippen molar-refractivity contribution >= 4 is 40.0 Å². The highest BCUT2D eigenvalue weighted by Crippen LogP contribution is 2.29. The quantitative estimate of drug-likeness (QED) is 0.420. The molecule has 4 heterocycles. The number of piperidine rings is 1. The van der Waals surface area contributed by atoms with Gasteiger partial charge in [0.05, 0.1) is 11.7 Å².